The maximum atomic E-state index is 13.6. The second-order valence-electron chi connectivity index (χ2n) is 8.74. The van der Waals surface area contributed by atoms with Crippen LogP contribution < -0.4 is 5.32 Å². The van der Waals surface area contributed by atoms with E-state index in [1.165, 1.54) is 30.6 Å². The van der Waals surface area contributed by atoms with Crippen molar-refractivity contribution in [2.24, 2.45) is 23.2 Å². The lowest BCUT2D eigenvalue weighted by atomic mass is 9.49. The molecule has 0 spiro atoms. The number of methoxy groups -OCH3 is 1. The maximum Gasteiger partial charge on any atom is 0.245 e. The minimum absolute atomic E-state index is 0.0720. The van der Waals surface area contributed by atoms with Crippen LogP contribution in [0.4, 0.5) is 5.13 Å². The monoisotopic (exact) mass is 391 g/mol. The zero-order chi connectivity index (χ0) is 19.0. The van der Waals surface area contributed by atoms with Gasteiger partial charge in [0.1, 0.15) is 6.54 Å². The molecule has 4 aliphatic carbocycles. The Morgan fingerprint density at radius 3 is 2.41 bits per heavy atom. The normalized spacial score (nSPS) is 31.1. The van der Waals surface area contributed by atoms with Crippen LogP contribution >= 0.6 is 11.3 Å². The van der Waals surface area contributed by atoms with Crippen LogP contribution in [-0.4, -0.2) is 48.5 Å². The van der Waals surface area contributed by atoms with Crippen LogP contribution in [0.5, 0.6) is 0 Å². The molecule has 1 aromatic heterocycles. The first-order valence-corrected chi connectivity index (χ1v) is 10.8. The number of nitrogens with zero attached hydrogens (tertiary/aromatic N) is 2. The third-order valence-electron chi connectivity index (χ3n) is 6.55. The predicted molar refractivity (Wildman–Crippen MR) is 105 cm³/mol. The number of hydrogen-bond acceptors (Lipinski definition) is 5. The van der Waals surface area contributed by atoms with Gasteiger partial charge in [0.2, 0.25) is 11.8 Å². The van der Waals surface area contributed by atoms with E-state index in [2.05, 4.69) is 10.3 Å². The Kier molecular flexibility index (Phi) is 5.25. The molecule has 4 fully saturated rings. The number of ether oxygens (including phenoxy) is 1. The molecule has 0 unspecified atom stereocenters. The highest BCUT2D eigenvalue weighted by Crippen LogP contribution is 2.60. The fourth-order valence-electron chi connectivity index (χ4n) is 5.91. The minimum atomic E-state index is -0.236. The Bertz CT molecular complexity index is 682. The fraction of sp³-hybridized carbons (Fsp3) is 0.750. The molecule has 0 atom stereocenters. The summed E-state index contributed by atoms with van der Waals surface area (Å²) in [4.78, 5) is 33.1. The van der Waals surface area contributed by atoms with Gasteiger partial charge in [0.25, 0.3) is 0 Å². The lowest BCUT2D eigenvalue weighted by molar-refractivity contribution is -0.159. The fourth-order valence-corrected chi connectivity index (χ4v) is 6.59. The van der Waals surface area contributed by atoms with Gasteiger partial charge in [-0.15, -0.1) is 11.3 Å². The molecule has 27 heavy (non-hydrogen) atoms. The van der Waals surface area contributed by atoms with E-state index in [-0.39, 0.29) is 23.8 Å². The largest absolute Gasteiger partial charge is 0.383 e. The average molecular weight is 392 g/mol. The van der Waals surface area contributed by atoms with Gasteiger partial charge < -0.3 is 15.0 Å². The molecule has 2 amide bonds. The summed E-state index contributed by atoms with van der Waals surface area (Å²) in [5, 5.41) is 3.42. The van der Waals surface area contributed by atoms with E-state index in [1.807, 2.05) is 6.92 Å². The molecule has 0 radical (unpaired) electrons. The van der Waals surface area contributed by atoms with E-state index in [4.69, 9.17) is 4.74 Å². The molecular weight excluding hydrogens is 362 g/mol. The van der Waals surface area contributed by atoms with Gasteiger partial charge in [-0.05, 0) is 63.2 Å². The highest BCUT2D eigenvalue weighted by molar-refractivity contribution is 7.15. The van der Waals surface area contributed by atoms with E-state index in [0.717, 1.165) is 24.1 Å². The molecule has 4 saturated carbocycles. The quantitative estimate of drug-likeness (QED) is 0.775. The Labute approximate surface area is 164 Å². The molecule has 1 heterocycles. The van der Waals surface area contributed by atoms with Gasteiger partial charge in [-0.2, -0.15) is 0 Å². The molecule has 0 aliphatic heterocycles. The smallest absolute Gasteiger partial charge is 0.245 e. The van der Waals surface area contributed by atoms with E-state index in [9.17, 15) is 9.59 Å². The Hall–Kier alpha value is -1.47. The summed E-state index contributed by atoms with van der Waals surface area (Å²) >= 11 is 1.45. The van der Waals surface area contributed by atoms with E-state index >= 15 is 0 Å². The molecule has 1 N–H and O–H groups in total. The number of amides is 2. The van der Waals surface area contributed by atoms with Crippen LogP contribution in [0.25, 0.3) is 0 Å². The van der Waals surface area contributed by atoms with Crippen LogP contribution in [0.3, 0.4) is 0 Å². The second-order valence-corrected chi connectivity index (χ2v) is 9.98. The molecule has 1 aromatic rings. The van der Waals surface area contributed by atoms with Crippen molar-refractivity contribution in [3.8, 4) is 0 Å². The molecule has 7 heteroatoms. The molecule has 5 rings (SSSR count). The molecule has 0 aromatic carbocycles. The first-order chi connectivity index (χ1) is 13.0. The maximum absolute atomic E-state index is 13.6. The summed E-state index contributed by atoms with van der Waals surface area (Å²) < 4.78 is 5.21. The van der Waals surface area contributed by atoms with Crippen molar-refractivity contribution in [3.05, 3.63) is 11.1 Å². The first kappa shape index (κ1) is 18.9. The molecule has 4 aliphatic rings. The lowest BCUT2D eigenvalue weighted by Gasteiger charge is -2.56. The summed E-state index contributed by atoms with van der Waals surface area (Å²) in [6.45, 7) is 2.93. The number of thiazole rings is 1. The summed E-state index contributed by atoms with van der Waals surface area (Å²) in [7, 11) is 1.63. The van der Waals surface area contributed by atoms with Crippen molar-refractivity contribution in [2.45, 2.75) is 45.4 Å². The van der Waals surface area contributed by atoms with Crippen LogP contribution in [-0.2, 0) is 14.3 Å². The Morgan fingerprint density at radius 1 is 1.26 bits per heavy atom. The van der Waals surface area contributed by atoms with Crippen LogP contribution in [0.15, 0.2) is 6.20 Å². The standard InChI is InChI=1S/C20H29N3O3S/c1-13-11-21-19(27-13)22-17(24)12-23(3-4-26-2)18(25)20-8-14-5-15(9-20)7-16(6-14)10-20/h11,14-16H,3-10,12H2,1-2H3,(H,21,22,24). The lowest BCUT2D eigenvalue weighted by Crippen LogP contribution is -2.56. The number of carbonyl (C=O) groups excluding carboxylic acids is 2. The number of rotatable bonds is 7. The Morgan fingerprint density at radius 2 is 1.89 bits per heavy atom. The first-order valence-electron chi connectivity index (χ1n) is 9.98. The topological polar surface area (TPSA) is 71.5 Å². The summed E-state index contributed by atoms with van der Waals surface area (Å²) in [5.74, 6) is 2.10. The highest BCUT2D eigenvalue weighted by Gasteiger charge is 2.55. The number of aryl methyl sites for hydroxylation is 1. The number of aromatic nitrogens is 1. The van der Waals surface area contributed by atoms with Crippen LogP contribution in [0.2, 0.25) is 0 Å². The van der Waals surface area contributed by atoms with Gasteiger partial charge in [0.15, 0.2) is 5.13 Å². The highest BCUT2D eigenvalue weighted by atomic mass is 32.1. The third kappa shape index (κ3) is 3.90. The van der Waals surface area contributed by atoms with Crippen molar-refractivity contribution in [3.63, 3.8) is 0 Å². The number of nitrogens with one attached hydrogen (secondary N) is 1. The molecule has 148 valence electrons. The van der Waals surface area contributed by atoms with E-state index in [0.29, 0.717) is 36.0 Å². The molecule has 4 bridgehead atoms. The number of carbonyl (C=O) groups is 2. The summed E-state index contributed by atoms with van der Waals surface area (Å²) in [5.41, 5.74) is -0.236. The van der Waals surface area contributed by atoms with E-state index in [1.54, 1.807) is 18.2 Å². The third-order valence-corrected chi connectivity index (χ3v) is 7.37. The van der Waals surface area contributed by atoms with Crippen molar-refractivity contribution in [1.82, 2.24) is 9.88 Å². The minimum Gasteiger partial charge on any atom is -0.383 e. The van der Waals surface area contributed by atoms with Gasteiger partial charge in [-0.25, -0.2) is 4.98 Å². The number of anilines is 1. The van der Waals surface area contributed by atoms with Gasteiger partial charge in [0, 0.05) is 24.7 Å². The molecule has 0 saturated heterocycles. The zero-order valence-electron chi connectivity index (χ0n) is 16.2. The van der Waals surface area contributed by atoms with Gasteiger partial charge in [-0.1, -0.05) is 0 Å². The SMILES string of the molecule is COCCN(CC(=O)Nc1ncc(C)s1)C(=O)C12CC3CC(CC(C3)C1)C2. The molecular formula is C20H29N3O3S. The summed E-state index contributed by atoms with van der Waals surface area (Å²) in [6, 6.07) is 0. The second kappa shape index (κ2) is 7.51. The van der Waals surface area contributed by atoms with Gasteiger partial charge in [-0.3, -0.25) is 9.59 Å². The average Bonchev–Trinajstić information content (AvgIpc) is 3.01. The van der Waals surface area contributed by atoms with Crippen LogP contribution in [0, 0.1) is 30.1 Å². The predicted octanol–water partition coefficient (Wildman–Crippen LogP) is 3.08. The van der Waals surface area contributed by atoms with Crippen molar-refractivity contribution in [1.29, 1.82) is 0 Å². The van der Waals surface area contributed by atoms with Gasteiger partial charge in [0.05, 0.1) is 12.0 Å². The zero-order valence-corrected chi connectivity index (χ0v) is 17.0. The van der Waals surface area contributed by atoms with Crippen molar-refractivity contribution in [2.75, 3.05) is 32.1 Å². The van der Waals surface area contributed by atoms with Gasteiger partial charge >= 0.3 is 0 Å². The molecule has 6 nitrogen and oxygen atoms in total. The summed E-state index contributed by atoms with van der Waals surface area (Å²) in [6.07, 6.45) is 8.67. The van der Waals surface area contributed by atoms with Crippen molar-refractivity contribution >= 4 is 28.3 Å². The Balaban J connectivity index is 1.46. The number of hydrogen-bond donors (Lipinski definition) is 1. The van der Waals surface area contributed by atoms with Crippen LogP contribution in [0.1, 0.15) is 43.4 Å². The van der Waals surface area contributed by atoms with E-state index < -0.39 is 0 Å². The van der Waals surface area contributed by atoms with Crippen molar-refractivity contribution < 1.29 is 14.3 Å².